The molecule has 1 aliphatic rings. The van der Waals surface area contributed by atoms with Gasteiger partial charge in [-0.25, -0.2) is 9.78 Å². The Kier molecular flexibility index (Phi) is 4.37. The number of carboxylic acid groups (broad SMARTS) is 1. The van der Waals surface area contributed by atoms with Crippen LogP contribution in [0.2, 0.25) is 0 Å². The first-order valence-electron chi connectivity index (χ1n) is 6.96. The monoisotopic (exact) mass is 276 g/mol. The fraction of sp³-hybridized carbons (Fsp3) is 0.533. The molecule has 1 aliphatic carbocycles. The van der Waals surface area contributed by atoms with Crippen LogP contribution in [0.15, 0.2) is 18.2 Å². The Morgan fingerprint density at radius 2 is 2.00 bits per heavy atom. The molecule has 0 bridgehead atoms. The number of rotatable bonds is 3. The summed E-state index contributed by atoms with van der Waals surface area (Å²) in [5.41, 5.74) is 0.104. The summed E-state index contributed by atoms with van der Waals surface area (Å²) in [5, 5.41) is 8.93. The summed E-state index contributed by atoms with van der Waals surface area (Å²) in [6.07, 6.45) is 4.35. The van der Waals surface area contributed by atoms with Gasteiger partial charge in [-0.05, 0) is 30.9 Å². The lowest BCUT2D eigenvalue weighted by Crippen LogP contribution is -2.40. The third-order valence-corrected chi connectivity index (χ3v) is 3.96. The zero-order valence-corrected chi connectivity index (χ0v) is 11.9. The fourth-order valence-corrected chi connectivity index (χ4v) is 2.77. The van der Waals surface area contributed by atoms with E-state index in [4.69, 9.17) is 5.11 Å². The maximum absolute atomic E-state index is 12.4. The maximum atomic E-state index is 12.4. The minimum absolute atomic E-state index is 0.0961. The van der Waals surface area contributed by atoms with E-state index in [2.05, 4.69) is 11.9 Å². The zero-order valence-electron chi connectivity index (χ0n) is 11.9. The van der Waals surface area contributed by atoms with Crippen molar-refractivity contribution >= 4 is 11.9 Å². The van der Waals surface area contributed by atoms with E-state index in [0.717, 1.165) is 19.3 Å². The number of nitrogens with zero attached hydrogens (tertiary/aromatic N) is 2. The minimum atomic E-state index is -1.12. The molecule has 108 valence electrons. The molecule has 1 saturated carbocycles. The Labute approximate surface area is 118 Å². The van der Waals surface area contributed by atoms with Crippen LogP contribution in [0, 0.1) is 5.92 Å². The second kappa shape index (κ2) is 6.03. The molecule has 5 nitrogen and oxygen atoms in total. The van der Waals surface area contributed by atoms with Crippen LogP contribution in [0.5, 0.6) is 0 Å². The highest BCUT2D eigenvalue weighted by molar-refractivity contribution is 5.94. The Balaban J connectivity index is 2.13. The molecule has 0 spiro atoms. The Morgan fingerprint density at radius 3 is 2.65 bits per heavy atom. The molecule has 5 heteroatoms. The number of carbonyl (C=O) groups excluding carboxylic acids is 1. The lowest BCUT2D eigenvalue weighted by atomic mass is 9.86. The van der Waals surface area contributed by atoms with E-state index < -0.39 is 5.97 Å². The molecule has 1 amide bonds. The lowest BCUT2D eigenvalue weighted by Gasteiger charge is -2.34. The van der Waals surface area contributed by atoms with Gasteiger partial charge in [0.2, 0.25) is 0 Å². The summed E-state index contributed by atoms with van der Waals surface area (Å²) < 4.78 is 0. The van der Waals surface area contributed by atoms with Crippen molar-refractivity contribution in [2.24, 2.45) is 5.92 Å². The third-order valence-electron chi connectivity index (χ3n) is 3.96. The minimum Gasteiger partial charge on any atom is -0.477 e. The molecule has 1 heterocycles. The van der Waals surface area contributed by atoms with Crippen molar-refractivity contribution in [2.45, 2.75) is 38.6 Å². The van der Waals surface area contributed by atoms with E-state index in [-0.39, 0.29) is 23.3 Å². The molecule has 20 heavy (non-hydrogen) atoms. The van der Waals surface area contributed by atoms with Gasteiger partial charge in [0, 0.05) is 13.1 Å². The van der Waals surface area contributed by atoms with Gasteiger partial charge in [-0.2, -0.15) is 0 Å². The van der Waals surface area contributed by atoms with E-state index in [1.165, 1.54) is 12.5 Å². The smallest absolute Gasteiger partial charge is 0.354 e. The van der Waals surface area contributed by atoms with Gasteiger partial charge in [-0.1, -0.05) is 25.8 Å². The number of hydrogen-bond acceptors (Lipinski definition) is 3. The SMILES string of the molecule is CC1CCCC(N(C)C(=O)c2cccc(C(=O)O)n2)C1. The van der Waals surface area contributed by atoms with Crippen molar-refractivity contribution in [3.63, 3.8) is 0 Å². The van der Waals surface area contributed by atoms with Gasteiger partial charge in [0.15, 0.2) is 0 Å². The lowest BCUT2D eigenvalue weighted by molar-refractivity contribution is 0.0664. The molecule has 2 rings (SSSR count). The predicted molar refractivity (Wildman–Crippen MR) is 74.7 cm³/mol. The van der Waals surface area contributed by atoms with Crippen LogP contribution in [0.1, 0.15) is 53.6 Å². The summed E-state index contributed by atoms with van der Waals surface area (Å²) in [6.45, 7) is 2.20. The highest BCUT2D eigenvalue weighted by Crippen LogP contribution is 2.27. The molecule has 1 aromatic heterocycles. The van der Waals surface area contributed by atoms with Gasteiger partial charge < -0.3 is 10.0 Å². The number of hydrogen-bond donors (Lipinski definition) is 1. The van der Waals surface area contributed by atoms with Gasteiger partial charge in [0.1, 0.15) is 11.4 Å². The fourth-order valence-electron chi connectivity index (χ4n) is 2.77. The Hall–Kier alpha value is -1.91. The number of aromatic carboxylic acids is 1. The highest BCUT2D eigenvalue weighted by atomic mass is 16.4. The van der Waals surface area contributed by atoms with Crippen LogP contribution in [-0.4, -0.2) is 40.0 Å². The van der Waals surface area contributed by atoms with E-state index in [9.17, 15) is 9.59 Å². The molecule has 2 unspecified atom stereocenters. The van der Waals surface area contributed by atoms with Gasteiger partial charge >= 0.3 is 5.97 Å². The molecular formula is C15H20N2O3. The van der Waals surface area contributed by atoms with Crippen molar-refractivity contribution in [1.29, 1.82) is 0 Å². The van der Waals surface area contributed by atoms with Crippen molar-refractivity contribution in [3.05, 3.63) is 29.6 Å². The standard InChI is InChI=1S/C15H20N2O3/c1-10-5-3-6-11(9-10)17(2)14(18)12-7-4-8-13(16-12)15(19)20/h4,7-8,10-11H,3,5-6,9H2,1-2H3,(H,19,20). The largest absolute Gasteiger partial charge is 0.477 e. The molecule has 0 aliphatic heterocycles. The van der Waals surface area contributed by atoms with E-state index >= 15 is 0 Å². The first-order valence-corrected chi connectivity index (χ1v) is 6.96. The van der Waals surface area contributed by atoms with Crippen LogP contribution in [0.4, 0.5) is 0 Å². The van der Waals surface area contributed by atoms with Crippen molar-refractivity contribution < 1.29 is 14.7 Å². The van der Waals surface area contributed by atoms with Gasteiger partial charge in [0.25, 0.3) is 5.91 Å². The van der Waals surface area contributed by atoms with Crippen molar-refractivity contribution in [2.75, 3.05) is 7.05 Å². The first kappa shape index (κ1) is 14.5. The topological polar surface area (TPSA) is 70.5 Å². The van der Waals surface area contributed by atoms with Crippen LogP contribution < -0.4 is 0 Å². The average Bonchev–Trinajstić information content (AvgIpc) is 2.45. The third kappa shape index (κ3) is 3.15. The van der Waals surface area contributed by atoms with Crippen LogP contribution in [0.25, 0.3) is 0 Å². The van der Waals surface area contributed by atoms with Crippen LogP contribution in [0.3, 0.4) is 0 Å². The predicted octanol–water partition coefficient (Wildman–Crippen LogP) is 2.43. The van der Waals surface area contributed by atoms with Gasteiger partial charge in [0.05, 0.1) is 0 Å². The molecule has 0 aromatic carbocycles. The van der Waals surface area contributed by atoms with Crippen LogP contribution >= 0.6 is 0 Å². The summed E-state index contributed by atoms with van der Waals surface area (Å²) in [7, 11) is 1.78. The quantitative estimate of drug-likeness (QED) is 0.920. The number of carbonyl (C=O) groups is 2. The second-order valence-corrected chi connectivity index (χ2v) is 5.55. The average molecular weight is 276 g/mol. The maximum Gasteiger partial charge on any atom is 0.354 e. The molecular weight excluding hydrogens is 256 g/mol. The number of carboxylic acids is 1. The summed E-state index contributed by atoms with van der Waals surface area (Å²) in [6, 6.07) is 4.74. The Morgan fingerprint density at radius 1 is 1.30 bits per heavy atom. The summed E-state index contributed by atoms with van der Waals surface area (Å²) >= 11 is 0. The van der Waals surface area contributed by atoms with E-state index in [1.807, 2.05) is 0 Å². The molecule has 0 radical (unpaired) electrons. The molecule has 1 fully saturated rings. The summed E-state index contributed by atoms with van der Waals surface area (Å²) in [5.74, 6) is -0.692. The number of aromatic nitrogens is 1. The zero-order chi connectivity index (χ0) is 14.7. The molecule has 1 aromatic rings. The van der Waals surface area contributed by atoms with E-state index in [1.54, 1.807) is 24.1 Å². The number of amides is 1. The van der Waals surface area contributed by atoms with Crippen LogP contribution in [-0.2, 0) is 0 Å². The van der Waals surface area contributed by atoms with Crippen molar-refractivity contribution in [3.8, 4) is 0 Å². The Bertz CT molecular complexity index is 516. The van der Waals surface area contributed by atoms with Crippen molar-refractivity contribution in [1.82, 2.24) is 9.88 Å². The second-order valence-electron chi connectivity index (χ2n) is 5.55. The highest BCUT2D eigenvalue weighted by Gasteiger charge is 2.26. The first-order chi connectivity index (χ1) is 9.49. The normalized spacial score (nSPS) is 22.3. The molecule has 1 N–H and O–H groups in total. The number of pyridine rings is 1. The van der Waals surface area contributed by atoms with E-state index in [0.29, 0.717) is 5.92 Å². The van der Waals surface area contributed by atoms with Gasteiger partial charge in [-0.15, -0.1) is 0 Å². The molecule has 2 atom stereocenters. The molecule has 0 saturated heterocycles. The van der Waals surface area contributed by atoms with Gasteiger partial charge in [-0.3, -0.25) is 4.79 Å². The summed E-state index contributed by atoms with van der Waals surface area (Å²) in [4.78, 5) is 28.9.